The fourth-order valence-electron chi connectivity index (χ4n) is 1.20. The first-order valence-corrected chi connectivity index (χ1v) is 4.40. The maximum atomic E-state index is 13.3. The van der Waals surface area contributed by atoms with Gasteiger partial charge in [0, 0.05) is 0 Å². The summed E-state index contributed by atoms with van der Waals surface area (Å²) in [5.74, 6) is -0.127. The maximum absolute atomic E-state index is 13.3. The second kappa shape index (κ2) is 4.77. The zero-order chi connectivity index (χ0) is 10.6. The third-order valence-corrected chi connectivity index (χ3v) is 2.01. The Morgan fingerprint density at radius 3 is 2.79 bits per heavy atom. The molecule has 0 atom stereocenters. The van der Waals surface area contributed by atoms with Crippen molar-refractivity contribution in [3.63, 3.8) is 0 Å². The third kappa shape index (κ3) is 2.33. The van der Waals surface area contributed by atoms with Gasteiger partial charge in [-0.25, -0.2) is 4.39 Å². The van der Waals surface area contributed by atoms with E-state index < -0.39 is 0 Å². The average molecular weight is 195 g/mol. The van der Waals surface area contributed by atoms with E-state index in [9.17, 15) is 4.39 Å². The minimum Gasteiger partial charge on any atom is -0.494 e. The number of nitrogens with two attached hydrogens (primary N) is 1. The number of ether oxygens (including phenoxy) is 1. The number of rotatable bonds is 4. The van der Waals surface area contributed by atoms with Crippen molar-refractivity contribution in [2.75, 3.05) is 13.7 Å². The lowest BCUT2D eigenvalue weighted by molar-refractivity contribution is 0.386. The monoisotopic (exact) mass is 195 g/mol. The molecule has 2 N–H and O–H groups in total. The van der Waals surface area contributed by atoms with Crippen LogP contribution in [0.3, 0.4) is 0 Å². The Morgan fingerprint density at radius 2 is 2.29 bits per heavy atom. The summed E-state index contributed by atoms with van der Waals surface area (Å²) in [5.41, 5.74) is 7.00. The van der Waals surface area contributed by atoms with Crippen LogP contribution in [-0.4, -0.2) is 13.7 Å². The molecule has 0 unspecified atom stereocenters. The van der Waals surface area contributed by atoms with Crippen LogP contribution in [0.1, 0.15) is 12.0 Å². The molecule has 0 radical (unpaired) electrons. The molecule has 0 aliphatic heterocycles. The lowest BCUT2D eigenvalue weighted by atomic mass is 10.0. The van der Waals surface area contributed by atoms with E-state index in [-0.39, 0.29) is 11.6 Å². The van der Waals surface area contributed by atoms with Gasteiger partial charge in [0.15, 0.2) is 11.6 Å². The lowest BCUT2D eigenvalue weighted by Crippen LogP contribution is -1.99. The molecule has 0 amide bonds. The number of halogens is 1. The molecule has 0 fully saturated rings. The van der Waals surface area contributed by atoms with Crippen LogP contribution in [0.15, 0.2) is 24.8 Å². The molecule has 1 aromatic carbocycles. The Kier molecular flexibility index (Phi) is 3.65. The topological polar surface area (TPSA) is 35.2 Å². The van der Waals surface area contributed by atoms with Crippen molar-refractivity contribution in [2.24, 2.45) is 5.73 Å². The van der Waals surface area contributed by atoms with E-state index in [0.717, 1.165) is 11.1 Å². The number of methoxy groups -OCH3 is 1. The van der Waals surface area contributed by atoms with Gasteiger partial charge in [0.25, 0.3) is 0 Å². The molecule has 3 heteroatoms. The summed E-state index contributed by atoms with van der Waals surface area (Å²) in [4.78, 5) is 0. The van der Waals surface area contributed by atoms with Gasteiger partial charge in [-0.3, -0.25) is 0 Å². The Hall–Kier alpha value is -1.35. The summed E-state index contributed by atoms with van der Waals surface area (Å²) in [6.07, 6.45) is 0.672. The molecule has 0 aliphatic carbocycles. The van der Waals surface area contributed by atoms with Gasteiger partial charge in [0.05, 0.1) is 7.11 Å². The normalized spacial score (nSPS) is 9.93. The number of benzene rings is 1. The summed E-state index contributed by atoms with van der Waals surface area (Å²) in [7, 11) is 1.44. The number of hydrogen-bond donors (Lipinski definition) is 1. The average Bonchev–Trinajstić information content (AvgIpc) is 2.18. The summed E-state index contributed by atoms with van der Waals surface area (Å²) >= 11 is 0. The molecule has 0 spiro atoms. The Morgan fingerprint density at radius 1 is 1.57 bits per heavy atom. The van der Waals surface area contributed by atoms with Crippen LogP contribution in [0.2, 0.25) is 0 Å². The van der Waals surface area contributed by atoms with Crippen LogP contribution in [0.5, 0.6) is 5.75 Å². The van der Waals surface area contributed by atoms with Gasteiger partial charge in [-0.05, 0) is 36.2 Å². The van der Waals surface area contributed by atoms with Crippen molar-refractivity contribution in [3.8, 4) is 5.75 Å². The van der Waals surface area contributed by atoms with Crippen LogP contribution in [0.25, 0.3) is 5.57 Å². The van der Waals surface area contributed by atoms with Crippen molar-refractivity contribution in [1.29, 1.82) is 0 Å². The molecular formula is C11H14FNO. The zero-order valence-electron chi connectivity index (χ0n) is 8.22. The summed E-state index contributed by atoms with van der Waals surface area (Å²) in [6, 6.07) is 4.78. The van der Waals surface area contributed by atoms with Crippen LogP contribution < -0.4 is 10.5 Å². The standard InChI is InChI=1S/C11H14FNO/c1-8(5-6-13)9-3-4-11(14-2)10(12)7-9/h3-4,7H,1,5-6,13H2,2H3. The molecule has 0 aromatic heterocycles. The minimum atomic E-state index is -0.372. The zero-order valence-corrected chi connectivity index (χ0v) is 8.22. The van der Waals surface area contributed by atoms with Crippen molar-refractivity contribution in [3.05, 3.63) is 36.2 Å². The van der Waals surface area contributed by atoms with Gasteiger partial charge in [0.1, 0.15) is 0 Å². The minimum absolute atomic E-state index is 0.245. The molecule has 1 aromatic rings. The van der Waals surface area contributed by atoms with Crippen molar-refractivity contribution in [2.45, 2.75) is 6.42 Å². The summed E-state index contributed by atoms with van der Waals surface area (Å²) in [6.45, 7) is 4.34. The Balaban J connectivity index is 2.91. The molecule has 0 bridgehead atoms. The molecule has 1 rings (SSSR count). The summed E-state index contributed by atoms with van der Waals surface area (Å²) in [5, 5.41) is 0. The second-order valence-corrected chi connectivity index (χ2v) is 2.99. The van der Waals surface area contributed by atoms with Crippen LogP contribution in [0.4, 0.5) is 4.39 Å². The van der Waals surface area contributed by atoms with E-state index in [0.29, 0.717) is 13.0 Å². The molecule has 0 heterocycles. The predicted molar refractivity (Wildman–Crippen MR) is 55.7 cm³/mol. The van der Waals surface area contributed by atoms with Gasteiger partial charge in [-0.2, -0.15) is 0 Å². The highest BCUT2D eigenvalue weighted by atomic mass is 19.1. The van der Waals surface area contributed by atoms with Gasteiger partial charge < -0.3 is 10.5 Å². The van der Waals surface area contributed by atoms with Gasteiger partial charge in [-0.1, -0.05) is 12.6 Å². The highest BCUT2D eigenvalue weighted by Gasteiger charge is 2.04. The molecule has 2 nitrogen and oxygen atoms in total. The molecule has 0 saturated heterocycles. The Labute approximate surface area is 83.2 Å². The highest BCUT2D eigenvalue weighted by Crippen LogP contribution is 2.22. The molecule has 0 saturated carbocycles. The first-order chi connectivity index (χ1) is 6.69. The smallest absolute Gasteiger partial charge is 0.165 e. The highest BCUT2D eigenvalue weighted by molar-refractivity contribution is 5.64. The van der Waals surface area contributed by atoms with Crippen molar-refractivity contribution in [1.82, 2.24) is 0 Å². The quantitative estimate of drug-likeness (QED) is 0.799. The fourth-order valence-corrected chi connectivity index (χ4v) is 1.20. The molecule has 0 aliphatic rings. The SMILES string of the molecule is C=C(CCN)c1ccc(OC)c(F)c1. The van der Waals surface area contributed by atoms with E-state index in [2.05, 4.69) is 6.58 Å². The van der Waals surface area contributed by atoms with Crippen LogP contribution >= 0.6 is 0 Å². The van der Waals surface area contributed by atoms with Gasteiger partial charge >= 0.3 is 0 Å². The first kappa shape index (κ1) is 10.7. The first-order valence-electron chi connectivity index (χ1n) is 4.40. The van der Waals surface area contributed by atoms with Crippen LogP contribution in [0, 0.1) is 5.82 Å². The van der Waals surface area contributed by atoms with E-state index in [1.54, 1.807) is 12.1 Å². The van der Waals surface area contributed by atoms with Crippen molar-refractivity contribution < 1.29 is 9.13 Å². The predicted octanol–water partition coefficient (Wildman–Crippen LogP) is 2.20. The largest absolute Gasteiger partial charge is 0.494 e. The van der Waals surface area contributed by atoms with E-state index in [1.165, 1.54) is 13.2 Å². The Bertz CT molecular complexity index is 336. The number of hydrogen-bond acceptors (Lipinski definition) is 2. The lowest BCUT2D eigenvalue weighted by Gasteiger charge is -2.06. The molecule has 14 heavy (non-hydrogen) atoms. The summed E-state index contributed by atoms with van der Waals surface area (Å²) < 4.78 is 18.1. The van der Waals surface area contributed by atoms with E-state index >= 15 is 0 Å². The van der Waals surface area contributed by atoms with Gasteiger partial charge in [-0.15, -0.1) is 0 Å². The van der Waals surface area contributed by atoms with E-state index in [1.807, 2.05) is 0 Å². The van der Waals surface area contributed by atoms with Crippen molar-refractivity contribution >= 4 is 5.57 Å². The second-order valence-electron chi connectivity index (χ2n) is 2.99. The maximum Gasteiger partial charge on any atom is 0.165 e. The van der Waals surface area contributed by atoms with Gasteiger partial charge in [0.2, 0.25) is 0 Å². The van der Waals surface area contributed by atoms with Crippen LogP contribution in [-0.2, 0) is 0 Å². The van der Waals surface area contributed by atoms with E-state index in [4.69, 9.17) is 10.5 Å². The molecule has 76 valence electrons. The fraction of sp³-hybridized carbons (Fsp3) is 0.273. The molecular weight excluding hydrogens is 181 g/mol. The third-order valence-electron chi connectivity index (χ3n) is 2.01.